The van der Waals surface area contributed by atoms with E-state index >= 15 is 0 Å². The van der Waals surface area contributed by atoms with Crippen LogP contribution in [0, 0.1) is 0 Å². The summed E-state index contributed by atoms with van der Waals surface area (Å²) in [5, 5.41) is 8.54. The first-order valence-corrected chi connectivity index (χ1v) is 17.4. The van der Waals surface area contributed by atoms with E-state index in [-0.39, 0.29) is 0 Å². The molecular formula is C48H30N4. The van der Waals surface area contributed by atoms with Crippen molar-refractivity contribution in [3.8, 4) is 56.0 Å². The molecule has 4 heteroatoms. The summed E-state index contributed by atoms with van der Waals surface area (Å²) < 4.78 is 0. The number of benzene rings is 6. The smallest absolute Gasteiger partial charge is 0.0794 e. The Morgan fingerprint density at radius 1 is 0.308 bits per heavy atom. The van der Waals surface area contributed by atoms with E-state index in [2.05, 4.69) is 143 Å². The fraction of sp³-hybridized carbons (Fsp3) is 0. The maximum absolute atomic E-state index is 5.39. The van der Waals surface area contributed by atoms with Crippen LogP contribution in [-0.4, -0.2) is 19.9 Å². The van der Waals surface area contributed by atoms with E-state index in [0.717, 1.165) is 61.5 Å². The Labute approximate surface area is 300 Å². The van der Waals surface area contributed by atoms with E-state index in [1.54, 1.807) is 12.4 Å². The predicted octanol–water partition coefficient (Wildman–Crippen LogP) is 12.2. The molecule has 4 aromatic heterocycles. The van der Waals surface area contributed by atoms with Crippen LogP contribution in [0.1, 0.15) is 0 Å². The second-order valence-electron chi connectivity index (χ2n) is 13.1. The average molecular weight is 663 g/mol. The molecule has 52 heavy (non-hydrogen) atoms. The lowest BCUT2D eigenvalue weighted by Gasteiger charge is -2.17. The van der Waals surface area contributed by atoms with Crippen LogP contribution in [0.5, 0.6) is 0 Å². The van der Waals surface area contributed by atoms with Gasteiger partial charge in [-0.25, -0.2) is 9.97 Å². The maximum Gasteiger partial charge on any atom is 0.0794 e. The summed E-state index contributed by atoms with van der Waals surface area (Å²) >= 11 is 0. The number of pyridine rings is 4. The molecule has 0 bridgehead atoms. The summed E-state index contributed by atoms with van der Waals surface area (Å²) in [6, 6.07) is 55.9. The average Bonchev–Trinajstić information content (AvgIpc) is 3.24. The Morgan fingerprint density at radius 2 is 0.788 bits per heavy atom. The van der Waals surface area contributed by atoms with Crippen LogP contribution in [0.15, 0.2) is 183 Å². The first-order chi connectivity index (χ1) is 25.8. The van der Waals surface area contributed by atoms with Crippen molar-refractivity contribution < 1.29 is 0 Å². The molecule has 0 saturated heterocycles. The molecule has 0 fully saturated rings. The zero-order valence-corrected chi connectivity index (χ0v) is 28.1. The van der Waals surface area contributed by atoms with Crippen molar-refractivity contribution in [3.63, 3.8) is 0 Å². The summed E-state index contributed by atoms with van der Waals surface area (Å²) in [5.41, 5.74) is 11.2. The van der Waals surface area contributed by atoms with Gasteiger partial charge < -0.3 is 0 Å². The minimum Gasteiger partial charge on any atom is -0.264 e. The molecule has 4 heterocycles. The number of aromatic nitrogens is 4. The Hall–Kier alpha value is -7.04. The first-order valence-electron chi connectivity index (χ1n) is 17.4. The maximum atomic E-state index is 5.39. The fourth-order valence-electron chi connectivity index (χ4n) is 7.58. The largest absolute Gasteiger partial charge is 0.264 e. The summed E-state index contributed by atoms with van der Waals surface area (Å²) in [5.74, 6) is 0. The van der Waals surface area contributed by atoms with Gasteiger partial charge in [0.2, 0.25) is 0 Å². The van der Waals surface area contributed by atoms with E-state index < -0.39 is 0 Å². The third-order valence-corrected chi connectivity index (χ3v) is 9.98. The Balaban J connectivity index is 1.15. The zero-order valence-electron chi connectivity index (χ0n) is 28.1. The van der Waals surface area contributed by atoms with Gasteiger partial charge in [0.1, 0.15) is 0 Å². The van der Waals surface area contributed by atoms with Gasteiger partial charge in [-0.2, -0.15) is 0 Å². The molecule has 0 amide bonds. The normalized spacial score (nSPS) is 11.5. The number of hydrogen-bond donors (Lipinski definition) is 0. The van der Waals surface area contributed by atoms with Crippen molar-refractivity contribution in [3.05, 3.63) is 183 Å². The first kappa shape index (κ1) is 29.8. The molecule has 10 aromatic rings. The standard InChI is InChI=1S/C48H30N4/c1-3-19-40-38(17-1)39-18-2-4-20-41(39)47-46(40)42-21-5-6-22-43(42)52-48(47)34-14-8-12-32(26-34)31-11-7-13-33(25-31)37-27-44(35-15-9-23-49-29-35)51-45(28-37)36-16-10-24-50-30-36/h1-30H. The quantitative estimate of drug-likeness (QED) is 0.172. The summed E-state index contributed by atoms with van der Waals surface area (Å²) in [6.07, 6.45) is 7.29. The summed E-state index contributed by atoms with van der Waals surface area (Å²) in [7, 11) is 0. The van der Waals surface area contributed by atoms with Gasteiger partial charge in [0.15, 0.2) is 0 Å². The Morgan fingerprint density at radius 3 is 1.38 bits per heavy atom. The summed E-state index contributed by atoms with van der Waals surface area (Å²) in [4.78, 5) is 19.1. The molecule has 6 aromatic carbocycles. The number of fused-ring (bicyclic) bond motifs is 8. The molecule has 0 unspecified atom stereocenters. The third kappa shape index (κ3) is 5.09. The molecule has 242 valence electrons. The molecule has 0 N–H and O–H groups in total. The molecule has 0 radical (unpaired) electrons. The SMILES string of the molecule is c1cc(-c2cccc(-c3nc4ccccc4c4c5ccccc5c5ccccc5c34)c2)cc(-c2cc(-c3cccnc3)nc(-c3cccnc3)c2)c1. The van der Waals surface area contributed by atoms with Crippen molar-refractivity contribution in [2.24, 2.45) is 0 Å². The Bertz CT molecular complexity index is 2900. The van der Waals surface area contributed by atoms with Crippen LogP contribution in [0.25, 0.3) is 99.2 Å². The van der Waals surface area contributed by atoms with Gasteiger partial charge in [-0.1, -0.05) is 103 Å². The van der Waals surface area contributed by atoms with Crippen molar-refractivity contribution in [2.75, 3.05) is 0 Å². The highest BCUT2D eigenvalue weighted by Crippen LogP contribution is 2.43. The van der Waals surface area contributed by atoms with Crippen LogP contribution in [-0.2, 0) is 0 Å². The van der Waals surface area contributed by atoms with Gasteiger partial charge in [0, 0.05) is 57.6 Å². The van der Waals surface area contributed by atoms with E-state index in [1.807, 2.05) is 36.7 Å². The fourth-order valence-corrected chi connectivity index (χ4v) is 7.58. The van der Waals surface area contributed by atoms with Crippen molar-refractivity contribution in [1.82, 2.24) is 19.9 Å². The topological polar surface area (TPSA) is 51.6 Å². The second kappa shape index (κ2) is 12.4. The molecule has 0 aliphatic rings. The van der Waals surface area contributed by atoms with Crippen LogP contribution >= 0.6 is 0 Å². The van der Waals surface area contributed by atoms with Crippen LogP contribution in [0.4, 0.5) is 0 Å². The van der Waals surface area contributed by atoms with Gasteiger partial charge >= 0.3 is 0 Å². The minimum absolute atomic E-state index is 0.867. The minimum atomic E-state index is 0.867. The van der Waals surface area contributed by atoms with Gasteiger partial charge in [0.25, 0.3) is 0 Å². The molecule has 0 saturated carbocycles. The van der Waals surface area contributed by atoms with Gasteiger partial charge in [0.05, 0.1) is 22.6 Å². The number of nitrogens with zero attached hydrogens (tertiary/aromatic N) is 4. The number of rotatable bonds is 5. The summed E-state index contributed by atoms with van der Waals surface area (Å²) in [6.45, 7) is 0. The molecule has 0 spiro atoms. The molecular weight excluding hydrogens is 633 g/mol. The van der Waals surface area contributed by atoms with Crippen molar-refractivity contribution in [2.45, 2.75) is 0 Å². The monoisotopic (exact) mass is 662 g/mol. The van der Waals surface area contributed by atoms with E-state index in [4.69, 9.17) is 9.97 Å². The molecule has 0 atom stereocenters. The van der Waals surface area contributed by atoms with Gasteiger partial charge in [-0.05, 0) is 98.4 Å². The lowest BCUT2D eigenvalue weighted by Crippen LogP contribution is -1.93. The second-order valence-corrected chi connectivity index (χ2v) is 13.1. The lowest BCUT2D eigenvalue weighted by atomic mass is 9.89. The third-order valence-electron chi connectivity index (χ3n) is 9.98. The predicted molar refractivity (Wildman–Crippen MR) is 215 cm³/mol. The van der Waals surface area contributed by atoms with Crippen LogP contribution < -0.4 is 0 Å². The van der Waals surface area contributed by atoms with Crippen LogP contribution in [0.2, 0.25) is 0 Å². The van der Waals surface area contributed by atoms with Crippen molar-refractivity contribution in [1.29, 1.82) is 0 Å². The number of para-hydroxylation sites is 1. The lowest BCUT2D eigenvalue weighted by molar-refractivity contribution is 1.26. The molecule has 0 aliphatic carbocycles. The van der Waals surface area contributed by atoms with E-state index in [1.165, 1.54) is 37.7 Å². The van der Waals surface area contributed by atoms with E-state index in [9.17, 15) is 0 Å². The highest BCUT2D eigenvalue weighted by Gasteiger charge is 2.18. The highest BCUT2D eigenvalue weighted by molar-refractivity contribution is 6.33. The van der Waals surface area contributed by atoms with Crippen molar-refractivity contribution >= 4 is 43.2 Å². The van der Waals surface area contributed by atoms with Gasteiger partial charge in [-0.15, -0.1) is 0 Å². The highest BCUT2D eigenvalue weighted by atomic mass is 14.7. The van der Waals surface area contributed by atoms with Crippen LogP contribution in [0.3, 0.4) is 0 Å². The van der Waals surface area contributed by atoms with Gasteiger partial charge in [-0.3, -0.25) is 9.97 Å². The van der Waals surface area contributed by atoms with E-state index in [0.29, 0.717) is 0 Å². The molecule has 0 aliphatic heterocycles. The zero-order chi connectivity index (χ0) is 34.4. The Kier molecular flexibility index (Phi) is 7.10. The molecule has 10 rings (SSSR count). The number of hydrogen-bond acceptors (Lipinski definition) is 4. The molecule has 4 nitrogen and oxygen atoms in total.